The summed E-state index contributed by atoms with van der Waals surface area (Å²) in [6, 6.07) is 20.8. The van der Waals surface area contributed by atoms with Gasteiger partial charge < -0.3 is 20.4 Å². The molecule has 4 N–H and O–H groups in total. The third kappa shape index (κ3) is 6.72. The number of carbonyl (C=O) groups is 1. The van der Waals surface area contributed by atoms with Crippen molar-refractivity contribution in [2.75, 3.05) is 0 Å². The molecule has 31 heavy (non-hydrogen) atoms. The topological polar surface area (TPSA) is 134 Å². The number of nitrogens with zero attached hydrogens (tertiary/aromatic N) is 1. The van der Waals surface area contributed by atoms with Gasteiger partial charge in [-0.25, -0.2) is 9.79 Å². The molecule has 0 atom stereocenters. The van der Waals surface area contributed by atoms with Crippen molar-refractivity contribution in [3.8, 4) is 11.5 Å². The van der Waals surface area contributed by atoms with Crippen molar-refractivity contribution in [2.24, 2.45) is 16.5 Å². The Hall–Kier alpha value is -4.11. The second kappa shape index (κ2) is 9.59. The number of rotatable bonds is 7. The molecule has 0 aliphatic heterocycles. The molecule has 0 aliphatic carbocycles. The summed E-state index contributed by atoms with van der Waals surface area (Å²) < 4.78 is 34.7. The zero-order chi connectivity index (χ0) is 22.3. The van der Waals surface area contributed by atoms with Crippen molar-refractivity contribution in [3.05, 3.63) is 95.4 Å². The van der Waals surface area contributed by atoms with Crippen LogP contribution in [0.4, 0.5) is 5.69 Å². The minimum absolute atomic E-state index is 0.00566. The summed E-state index contributed by atoms with van der Waals surface area (Å²) >= 11 is 0. The van der Waals surface area contributed by atoms with Crippen molar-refractivity contribution < 1.29 is 22.1 Å². The minimum Gasteiger partial charge on any atom is -0.423 e. The molecule has 0 radical (unpaired) electrons. The van der Waals surface area contributed by atoms with Crippen LogP contribution in [-0.4, -0.2) is 20.3 Å². The number of aliphatic imine (C=N–C) groups is 1. The largest absolute Gasteiger partial charge is 0.423 e. The zero-order valence-corrected chi connectivity index (χ0v) is 17.0. The Morgan fingerprint density at radius 1 is 0.871 bits per heavy atom. The molecule has 0 amide bonds. The van der Waals surface area contributed by atoms with Crippen molar-refractivity contribution >= 4 is 33.8 Å². The van der Waals surface area contributed by atoms with Crippen LogP contribution in [0.25, 0.3) is 6.08 Å². The van der Waals surface area contributed by atoms with Gasteiger partial charge in [0.2, 0.25) is 0 Å². The molecule has 0 fully saturated rings. The Kier molecular flexibility index (Phi) is 6.68. The third-order valence-electron chi connectivity index (χ3n) is 3.82. The van der Waals surface area contributed by atoms with Crippen LogP contribution >= 0.6 is 0 Å². The van der Waals surface area contributed by atoms with Crippen LogP contribution in [-0.2, 0) is 10.1 Å². The molecular weight excluding hydrogens is 418 g/mol. The molecule has 0 saturated carbocycles. The van der Waals surface area contributed by atoms with E-state index in [4.69, 9.17) is 20.4 Å². The second-order valence-corrected chi connectivity index (χ2v) is 7.66. The Balaban J connectivity index is 1.67. The molecule has 0 spiro atoms. The number of hydrogen-bond donors (Lipinski definition) is 2. The molecule has 0 saturated heterocycles. The maximum absolute atomic E-state index is 12.3. The quantitative estimate of drug-likeness (QED) is 0.191. The van der Waals surface area contributed by atoms with Gasteiger partial charge in [-0.3, -0.25) is 0 Å². The first kappa shape index (κ1) is 21.6. The average Bonchev–Trinajstić information content (AvgIpc) is 2.73. The van der Waals surface area contributed by atoms with E-state index >= 15 is 0 Å². The van der Waals surface area contributed by atoms with Crippen molar-refractivity contribution in [1.82, 2.24) is 0 Å². The van der Waals surface area contributed by atoms with E-state index in [1.165, 1.54) is 42.5 Å². The highest BCUT2D eigenvalue weighted by atomic mass is 32.2. The highest BCUT2D eigenvalue weighted by Gasteiger charge is 2.12. The Bertz CT molecular complexity index is 1220. The molecule has 0 unspecified atom stereocenters. The molecule has 0 aromatic heterocycles. The normalized spacial score (nSPS) is 11.1. The highest BCUT2D eigenvalue weighted by Crippen LogP contribution is 2.23. The zero-order valence-electron chi connectivity index (χ0n) is 16.2. The molecule has 9 heteroatoms. The number of ether oxygens (including phenoxy) is 1. The van der Waals surface area contributed by atoms with Crippen LogP contribution in [0.2, 0.25) is 0 Å². The van der Waals surface area contributed by atoms with E-state index in [0.717, 1.165) is 5.41 Å². The van der Waals surface area contributed by atoms with Crippen LogP contribution in [0.3, 0.4) is 0 Å². The van der Waals surface area contributed by atoms with E-state index < -0.39 is 16.1 Å². The van der Waals surface area contributed by atoms with Crippen LogP contribution in [0.5, 0.6) is 11.5 Å². The van der Waals surface area contributed by atoms with Crippen LogP contribution in [0, 0.1) is 0 Å². The number of hydrogen-bond acceptors (Lipinski definition) is 6. The van der Waals surface area contributed by atoms with Gasteiger partial charge in [0, 0.05) is 6.07 Å². The van der Waals surface area contributed by atoms with Crippen molar-refractivity contribution in [2.45, 2.75) is 0 Å². The molecule has 3 aromatic carbocycles. The van der Waals surface area contributed by atoms with E-state index in [1.807, 2.05) is 6.07 Å². The first-order valence-corrected chi connectivity index (χ1v) is 10.5. The van der Waals surface area contributed by atoms with Gasteiger partial charge in [-0.05, 0) is 48.0 Å². The molecule has 3 aromatic rings. The molecule has 0 aliphatic rings. The van der Waals surface area contributed by atoms with Gasteiger partial charge in [0.25, 0.3) is 0 Å². The predicted octanol–water partition coefficient (Wildman–Crippen LogP) is 3.19. The average molecular weight is 437 g/mol. The molecular formula is C22H19N3O5S. The van der Waals surface area contributed by atoms with Crippen LogP contribution < -0.4 is 20.4 Å². The van der Waals surface area contributed by atoms with E-state index in [9.17, 15) is 13.2 Å². The first-order chi connectivity index (χ1) is 14.8. The molecule has 158 valence electrons. The summed E-state index contributed by atoms with van der Waals surface area (Å²) in [6.45, 7) is 0. The second-order valence-electron chi connectivity index (χ2n) is 6.24. The lowest BCUT2D eigenvalue weighted by atomic mass is 10.2. The van der Waals surface area contributed by atoms with Gasteiger partial charge in [-0.15, -0.1) is 0 Å². The summed E-state index contributed by atoms with van der Waals surface area (Å²) in [5.74, 6) is -0.606. The van der Waals surface area contributed by atoms with E-state index in [-0.39, 0.29) is 23.0 Å². The number of guanidine groups is 1. The highest BCUT2D eigenvalue weighted by molar-refractivity contribution is 7.90. The summed E-state index contributed by atoms with van der Waals surface area (Å²) in [6.07, 6.45) is 1.42. The summed E-state index contributed by atoms with van der Waals surface area (Å²) in [4.78, 5) is 16.2. The third-order valence-corrected chi connectivity index (χ3v) is 4.71. The molecule has 0 bridgehead atoms. The van der Waals surface area contributed by atoms with Gasteiger partial charge in [0.05, 0.1) is 16.7 Å². The molecule has 3 rings (SSSR count). The fourth-order valence-electron chi connectivity index (χ4n) is 2.46. The fraction of sp³-hybridized carbons (Fsp3) is 0. The minimum atomic E-state index is -4.00. The Morgan fingerprint density at radius 3 is 2.23 bits per heavy atom. The lowest BCUT2D eigenvalue weighted by molar-refractivity contribution is 0.0734. The number of esters is 1. The lowest BCUT2D eigenvalue weighted by Gasteiger charge is -2.07. The lowest BCUT2D eigenvalue weighted by Crippen LogP contribution is -2.21. The molecule has 0 heterocycles. The molecule has 8 nitrogen and oxygen atoms in total. The Morgan fingerprint density at radius 2 is 1.55 bits per heavy atom. The summed E-state index contributed by atoms with van der Waals surface area (Å²) in [5.41, 5.74) is 12.1. The maximum Gasteiger partial charge on any atom is 0.343 e. The number of benzene rings is 3. The smallest absolute Gasteiger partial charge is 0.343 e. The summed E-state index contributed by atoms with van der Waals surface area (Å²) in [7, 11) is -4.00. The van der Waals surface area contributed by atoms with Crippen molar-refractivity contribution in [3.63, 3.8) is 0 Å². The van der Waals surface area contributed by atoms with Gasteiger partial charge in [0.15, 0.2) is 5.96 Å². The Labute approximate surface area is 179 Å². The number of carbonyl (C=O) groups excluding carboxylic acids is 1. The maximum atomic E-state index is 12.3. The van der Waals surface area contributed by atoms with Gasteiger partial charge >= 0.3 is 16.1 Å². The summed E-state index contributed by atoms with van der Waals surface area (Å²) in [5, 5.41) is 0.957. The van der Waals surface area contributed by atoms with E-state index in [1.54, 1.807) is 36.4 Å². The number of nitrogens with two attached hydrogens (primary N) is 2. The van der Waals surface area contributed by atoms with Crippen LogP contribution in [0.1, 0.15) is 15.9 Å². The monoisotopic (exact) mass is 437 g/mol. The van der Waals surface area contributed by atoms with Crippen LogP contribution in [0.15, 0.2) is 89.3 Å². The predicted molar refractivity (Wildman–Crippen MR) is 118 cm³/mol. The van der Waals surface area contributed by atoms with E-state index in [2.05, 4.69) is 4.99 Å². The van der Waals surface area contributed by atoms with Gasteiger partial charge in [-0.1, -0.05) is 36.4 Å². The van der Waals surface area contributed by atoms with Gasteiger partial charge in [-0.2, -0.15) is 8.42 Å². The van der Waals surface area contributed by atoms with Gasteiger partial charge in [0.1, 0.15) is 11.5 Å². The first-order valence-electron chi connectivity index (χ1n) is 9.00. The fourth-order valence-corrected chi connectivity index (χ4v) is 3.22. The SMILES string of the molecule is NC(N)=Nc1ccc(C(=O)Oc2cccc(OS(=O)(=O)/C=C/c3ccccc3)c2)cc1. The van der Waals surface area contributed by atoms with Crippen molar-refractivity contribution in [1.29, 1.82) is 0 Å². The van der Waals surface area contributed by atoms with E-state index in [0.29, 0.717) is 11.3 Å². The standard InChI is InChI=1S/C22H19N3O5S/c23-22(24)25-18-11-9-17(10-12-18)21(26)29-19-7-4-8-20(15-19)30-31(27,28)14-13-16-5-2-1-3-6-16/h1-15H,(H4,23,24,25)/b14-13+.